The first-order valence-electron chi connectivity index (χ1n) is 4.46. The molecule has 0 saturated carbocycles. The zero-order valence-electron chi connectivity index (χ0n) is 8.46. The molecular weight excluding hydrogens is 154 g/mol. The Labute approximate surface area is 74.7 Å². The van der Waals surface area contributed by atoms with E-state index in [9.17, 15) is 4.79 Å². The second-order valence-corrected chi connectivity index (χ2v) is 2.91. The maximum Gasteiger partial charge on any atom is 0.227 e. The maximum absolute atomic E-state index is 11.4. The molecule has 0 N–H and O–H groups in total. The summed E-state index contributed by atoms with van der Waals surface area (Å²) in [5, 5.41) is 0. The van der Waals surface area contributed by atoms with Gasteiger partial charge in [-0.15, -0.1) is 0 Å². The molecule has 0 aliphatic carbocycles. The van der Waals surface area contributed by atoms with Gasteiger partial charge in [-0.25, -0.2) is 0 Å². The fraction of sp³-hybridized carbons (Fsp3) is 0.889. The van der Waals surface area contributed by atoms with Crippen LogP contribution in [0.1, 0.15) is 20.8 Å². The number of carbonyl (C=O) groups is 1. The van der Waals surface area contributed by atoms with Gasteiger partial charge in [0.25, 0.3) is 0 Å². The monoisotopic (exact) mass is 173 g/mol. The lowest BCUT2D eigenvalue weighted by atomic mass is 10.2. The van der Waals surface area contributed by atoms with Crippen molar-refractivity contribution < 1.29 is 9.53 Å². The van der Waals surface area contributed by atoms with E-state index in [-0.39, 0.29) is 11.8 Å². The molecule has 0 bridgehead atoms. The first-order valence-corrected chi connectivity index (χ1v) is 4.46. The van der Waals surface area contributed by atoms with Crippen molar-refractivity contribution in [3.05, 3.63) is 0 Å². The molecule has 0 rings (SSSR count). The number of hydrogen-bond acceptors (Lipinski definition) is 2. The Hall–Kier alpha value is -0.570. The van der Waals surface area contributed by atoms with Crippen LogP contribution in [0.2, 0.25) is 0 Å². The summed E-state index contributed by atoms with van der Waals surface area (Å²) in [7, 11) is 1.81. The summed E-state index contributed by atoms with van der Waals surface area (Å²) in [6.45, 7) is 7.75. The number of hydrogen-bond donors (Lipinski definition) is 0. The molecule has 72 valence electrons. The van der Waals surface area contributed by atoms with Gasteiger partial charge in [0.05, 0.1) is 12.5 Å². The van der Waals surface area contributed by atoms with Crippen LogP contribution in [0.15, 0.2) is 0 Å². The van der Waals surface area contributed by atoms with Gasteiger partial charge in [0.2, 0.25) is 5.91 Å². The fourth-order valence-corrected chi connectivity index (χ4v) is 0.898. The molecule has 1 atom stereocenters. The summed E-state index contributed by atoms with van der Waals surface area (Å²) in [5.74, 6) is 0.140. The third-order valence-electron chi connectivity index (χ3n) is 1.84. The summed E-state index contributed by atoms with van der Waals surface area (Å²) in [6.07, 6.45) is 0. The lowest BCUT2D eigenvalue weighted by Gasteiger charge is -2.19. The van der Waals surface area contributed by atoms with E-state index >= 15 is 0 Å². The van der Waals surface area contributed by atoms with Crippen LogP contribution in [0.5, 0.6) is 0 Å². The zero-order chi connectivity index (χ0) is 9.56. The second-order valence-electron chi connectivity index (χ2n) is 2.91. The molecule has 0 aromatic carbocycles. The number of rotatable bonds is 5. The van der Waals surface area contributed by atoms with Crippen molar-refractivity contribution in [1.29, 1.82) is 0 Å². The largest absolute Gasteiger partial charge is 0.381 e. The molecule has 0 aromatic rings. The van der Waals surface area contributed by atoms with Crippen molar-refractivity contribution in [1.82, 2.24) is 4.90 Å². The van der Waals surface area contributed by atoms with Gasteiger partial charge >= 0.3 is 0 Å². The van der Waals surface area contributed by atoms with E-state index < -0.39 is 0 Å². The molecule has 3 heteroatoms. The summed E-state index contributed by atoms with van der Waals surface area (Å²) >= 11 is 0. The van der Waals surface area contributed by atoms with E-state index in [1.54, 1.807) is 4.90 Å². The first kappa shape index (κ1) is 11.4. The Morgan fingerprint density at radius 2 is 2.08 bits per heavy atom. The Morgan fingerprint density at radius 1 is 1.50 bits per heavy atom. The summed E-state index contributed by atoms with van der Waals surface area (Å²) in [4.78, 5) is 13.1. The normalized spacial score (nSPS) is 12.7. The van der Waals surface area contributed by atoms with Crippen LogP contribution in [0.3, 0.4) is 0 Å². The third-order valence-corrected chi connectivity index (χ3v) is 1.84. The summed E-state index contributed by atoms with van der Waals surface area (Å²) in [5.41, 5.74) is 0. The molecule has 0 radical (unpaired) electrons. The predicted molar refractivity (Wildman–Crippen MR) is 49.0 cm³/mol. The molecular formula is C9H19NO2. The summed E-state index contributed by atoms with van der Waals surface area (Å²) < 4.78 is 5.16. The van der Waals surface area contributed by atoms with E-state index in [1.807, 2.05) is 27.8 Å². The van der Waals surface area contributed by atoms with E-state index in [0.717, 1.165) is 6.54 Å². The highest BCUT2D eigenvalue weighted by atomic mass is 16.5. The molecule has 1 amide bonds. The fourth-order valence-electron chi connectivity index (χ4n) is 0.898. The van der Waals surface area contributed by atoms with E-state index in [1.165, 1.54) is 0 Å². The molecule has 0 aliphatic heterocycles. The molecule has 0 fully saturated rings. The molecule has 0 heterocycles. The molecule has 0 aliphatic rings. The van der Waals surface area contributed by atoms with Crippen molar-refractivity contribution in [3.63, 3.8) is 0 Å². The number of carbonyl (C=O) groups excluding carboxylic acids is 1. The minimum Gasteiger partial charge on any atom is -0.381 e. The van der Waals surface area contributed by atoms with Crippen LogP contribution >= 0.6 is 0 Å². The van der Waals surface area contributed by atoms with Gasteiger partial charge in [-0.3, -0.25) is 4.79 Å². The van der Waals surface area contributed by atoms with Crippen molar-refractivity contribution in [2.24, 2.45) is 5.92 Å². The SMILES string of the molecule is CCOCC(C)C(=O)N(C)CC. The molecule has 12 heavy (non-hydrogen) atoms. The highest BCUT2D eigenvalue weighted by Gasteiger charge is 2.15. The third kappa shape index (κ3) is 3.72. The van der Waals surface area contributed by atoms with Crippen molar-refractivity contribution in [3.8, 4) is 0 Å². The van der Waals surface area contributed by atoms with Crippen LogP contribution in [-0.2, 0) is 9.53 Å². The van der Waals surface area contributed by atoms with Crippen LogP contribution in [0, 0.1) is 5.92 Å². The average Bonchev–Trinajstić information content (AvgIpc) is 2.11. The Kier molecular flexibility index (Phi) is 5.72. The Morgan fingerprint density at radius 3 is 2.50 bits per heavy atom. The predicted octanol–water partition coefficient (Wildman–Crippen LogP) is 1.14. The van der Waals surface area contributed by atoms with Gasteiger partial charge in [0, 0.05) is 20.2 Å². The minimum absolute atomic E-state index is 0.0186. The lowest BCUT2D eigenvalue weighted by Crippen LogP contribution is -2.33. The van der Waals surface area contributed by atoms with Crippen LogP contribution in [0.4, 0.5) is 0 Å². The smallest absolute Gasteiger partial charge is 0.227 e. The topological polar surface area (TPSA) is 29.5 Å². The van der Waals surface area contributed by atoms with Gasteiger partial charge in [-0.05, 0) is 13.8 Å². The molecule has 3 nitrogen and oxygen atoms in total. The summed E-state index contributed by atoms with van der Waals surface area (Å²) in [6, 6.07) is 0. The van der Waals surface area contributed by atoms with Gasteiger partial charge in [0.15, 0.2) is 0 Å². The Bertz CT molecular complexity index is 136. The first-order chi connectivity index (χ1) is 5.63. The average molecular weight is 173 g/mol. The highest BCUT2D eigenvalue weighted by molar-refractivity contribution is 5.78. The molecule has 0 spiro atoms. The van der Waals surface area contributed by atoms with Gasteiger partial charge < -0.3 is 9.64 Å². The van der Waals surface area contributed by atoms with E-state index in [0.29, 0.717) is 13.2 Å². The zero-order valence-corrected chi connectivity index (χ0v) is 8.46. The van der Waals surface area contributed by atoms with Gasteiger partial charge in [-0.1, -0.05) is 6.92 Å². The standard InChI is InChI=1S/C9H19NO2/c1-5-10(4)9(11)8(3)7-12-6-2/h8H,5-7H2,1-4H3. The van der Waals surface area contributed by atoms with Gasteiger partial charge in [0.1, 0.15) is 0 Å². The molecule has 0 aromatic heterocycles. The van der Waals surface area contributed by atoms with E-state index in [4.69, 9.17) is 4.74 Å². The quantitative estimate of drug-likeness (QED) is 0.624. The van der Waals surface area contributed by atoms with Gasteiger partial charge in [-0.2, -0.15) is 0 Å². The maximum atomic E-state index is 11.4. The van der Waals surface area contributed by atoms with Crippen LogP contribution < -0.4 is 0 Å². The lowest BCUT2D eigenvalue weighted by molar-refractivity contribution is -0.135. The Balaban J connectivity index is 3.75. The van der Waals surface area contributed by atoms with Crippen LogP contribution in [0.25, 0.3) is 0 Å². The van der Waals surface area contributed by atoms with E-state index in [2.05, 4.69) is 0 Å². The number of ether oxygens (including phenoxy) is 1. The number of amides is 1. The number of nitrogens with zero attached hydrogens (tertiary/aromatic N) is 1. The molecule has 0 saturated heterocycles. The van der Waals surface area contributed by atoms with Crippen molar-refractivity contribution in [2.45, 2.75) is 20.8 Å². The van der Waals surface area contributed by atoms with Crippen molar-refractivity contribution >= 4 is 5.91 Å². The van der Waals surface area contributed by atoms with Crippen LogP contribution in [-0.4, -0.2) is 37.6 Å². The minimum atomic E-state index is -0.0186. The molecule has 1 unspecified atom stereocenters. The van der Waals surface area contributed by atoms with Crippen molar-refractivity contribution in [2.75, 3.05) is 26.8 Å². The highest BCUT2D eigenvalue weighted by Crippen LogP contribution is 2.00. The second kappa shape index (κ2) is 6.00.